The molecule has 2 amide bonds. The maximum Gasteiger partial charge on any atom is 0.416 e. The Morgan fingerprint density at radius 1 is 1.31 bits per heavy atom. The summed E-state index contributed by atoms with van der Waals surface area (Å²) in [6.07, 6.45) is -4.67. The van der Waals surface area contributed by atoms with E-state index in [0.717, 1.165) is 12.1 Å². The lowest BCUT2D eigenvalue weighted by Crippen LogP contribution is -2.53. The fourth-order valence-corrected chi connectivity index (χ4v) is 2.66. The number of rotatable bonds is 2. The number of anilines is 1. The number of alkyl halides is 3. The molecule has 2 N–H and O–H groups in total. The number of guanidine groups is 1. The summed E-state index contributed by atoms with van der Waals surface area (Å²) in [6.45, 7) is 2.02. The Morgan fingerprint density at radius 3 is 2.73 bits per heavy atom. The van der Waals surface area contributed by atoms with E-state index in [4.69, 9.17) is 4.74 Å². The minimum Gasteiger partial charge on any atom is -0.378 e. The fourth-order valence-electron chi connectivity index (χ4n) is 2.66. The van der Waals surface area contributed by atoms with E-state index in [1.165, 1.54) is 12.1 Å². The summed E-state index contributed by atoms with van der Waals surface area (Å²) in [5, 5.41) is 5.02. The Hall–Kier alpha value is -2.62. The lowest BCUT2D eigenvalue weighted by atomic mass is 10.1. The molecule has 1 aromatic carbocycles. The maximum absolute atomic E-state index is 12.8. The van der Waals surface area contributed by atoms with Gasteiger partial charge in [-0.15, -0.1) is 0 Å². The average Bonchev–Trinajstić information content (AvgIpc) is 2.61. The molecule has 2 heterocycles. The molecule has 1 saturated heterocycles. The van der Waals surface area contributed by atoms with Crippen LogP contribution >= 0.6 is 0 Å². The smallest absolute Gasteiger partial charge is 0.378 e. The Bertz CT molecular complexity index is 730. The minimum atomic E-state index is -4.51. The largest absolute Gasteiger partial charge is 0.416 e. The lowest BCUT2D eigenvalue weighted by molar-refractivity contribution is -0.137. The van der Waals surface area contributed by atoms with Crippen molar-refractivity contribution in [2.24, 2.45) is 4.99 Å². The monoisotopic (exact) mass is 370 g/mol. The Labute approximate surface area is 147 Å². The number of carbonyl (C=O) groups excluding carboxylic acids is 2. The summed E-state index contributed by atoms with van der Waals surface area (Å²) in [6, 6.07) is 3.30. The van der Waals surface area contributed by atoms with E-state index in [0.29, 0.717) is 26.3 Å². The third kappa shape index (κ3) is 4.31. The molecule has 0 unspecified atom stereocenters. The molecule has 0 aromatic heterocycles. The second kappa shape index (κ2) is 7.32. The topological polar surface area (TPSA) is 83.0 Å². The SMILES string of the molecule is O=C1C[C@@H](C(=O)Nc2cccc(C(F)(F)F)c2)N=C(N2CCOCC2)N1. The molecule has 3 rings (SSSR count). The first-order chi connectivity index (χ1) is 12.3. The zero-order valence-electron chi connectivity index (χ0n) is 13.7. The van der Waals surface area contributed by atoms with Gasteiger partial charge in [0, 0.05) is 18.8 Å². The van der Waals surface area contributed by atoms with Crippen molar-refractivity contribution in [1.29, 1.82) is 0 Å². The Kier molecular flexibility index (Phi) is 5.12. The molecule has 0 saturated carbocycles. The molecule has 7 nitrogen and oxygen atoms in total. The molecule has 2 aliphatic rings. The number of nitrogens with zero attached hydrogens (tertiary/aromatic N) is 2. The van der Waals surface area contributed by atoms with Crippen LogP contribution in [0.5, 0.6) is 0 Å². The van der Waals surface area contributed by atoms with Crippen LogP contribution in [0.2, 0.25) is 0 Å². The van der Waals surface area contributed by atoms with Gasteiger partial charge in [-0.05, 0) is 18.2 Å². The number of amides is 2. The van der Waals surface area contributed by atoms with Gasteiger partial charge in [-0.1, -0.05) is 6.07 Å². The van der Waals surface area contributed by atoms with E-state index in [-0.39, 0.29) is 24.0 Å². The van der Waals surface area contributed by atoms with E-state index < -0.39 is 23.7 Å². The zero-order valence-corrected chi connectivity index (χ0v) is 13.7. The molecule has 0 spiro atoms. The molecule has 1 atom stereocenters. The predicted molar refractivity (Wildman–Crippen MR) is 86.4 cm³/mol. The van der Waals surface area contributed by atoms with Gasteiger partial charge in [-0.2, -0.15) is 13.2 Å². The quantitative estimate of drug-likeness (QED) is 0.820. The first-order valence-electron chi connectivity index (χ1n) is 8.01. The predicted octanol–water partition coefficient (Wildman–Crippen LogP) is 1.22. The van der Waals surface area contributed by atoms with Crippen molar-refractivity contribution in [3.8, 4) is 0 Å². The van der Waals surface area contributed by atoms with E-state index in [1.54, 1.807) is 4.90 Å². The molecule has 0 radical (unpaired) electrons. The molecule has 1 fully saturated rings. The van der Waals surface area contributed by atoms with E-state index in [2.05, 4.69) is 15.6 Å². The zero-order chi connectivity index (χ0) is 18.7. The third-order valence-electron chi connectivity index (χ3n) is 3.98. The van der Waals surface area contributed by atoms with Gasteiger partial charge in [0.15, 0.2) is 0 Å². The van der Waals surface area contributed by atoms with E-state index >= 15 is 0 Å². The van der Waals surface area contributed by atoms with Gasteiger partial charge in [0.1, 0.15) is 6.04 Å². The van der Waals surface area contributed by atoms with Crippen LogP contribution in [0.4, 0.5) is 18.9 Å². The average molecular weight is 370 g/mol. The maximum atomic E-state index is 12.8. The number of hydrogen-bond donors (Lipinski definition) is 2. The number of aliphatic imine (C=N–C) groups is 1. The number of halogens is 3. The van der Waals surface area contributed by atoms with Gasteiger partial charge in [0.2, 0.25) is 17.8 Å². The van der Waals surface area contributed by atoms with Crippen LogP contribution in [-0.4, -0.2) is 55.0 Å². The van der Waals surface area contributed by atoms with Crippen LogP contribution in [0.25, 0.3) is 0 Å². The van der Waals surface area contributed by atoms with Crippen LogP contribution in [0.1, 0.15) is 12.0 Å². The number of benzene rings is 1. The fraction of sp³-hybridized carbons (Fsp3) is 0.438. The first-order valence-corrected chi connectivity index (χ1v) is 8.01. The molecule has 2 aliphatic heterocycles. The van der Waals surface area contributed by atoms with Crippen molar-refractivity contribution in [1.82, 2.24) is 10.2 Å². The lowest BCUT2D eigenvalue weighted by Gasteiger charge is -2.32. The highest BCUT2D eigenvalue weighted by atomic mass is 19.4. The number of carbonyl (C=O) groups is 2. The second-order valence-corrected chi connectivity index (χ2v) is 5.89. The highest BCUT2D eigenvalue weighted by molar-refractivity contribution is 6.06. The molecular weight excluding hydrogens is 353 g/mol. The summed E-state index contributed by atoms with van der Waals surface area (Å²) in [4.78, 5) is 30.3. The van der Waals surface area contributed by atoms with Crippen LogP contribution < -0.4 is 10.6 Å². The van der Waals surface area contributed by atoms with Crippen LogP contribution in [0.3, 0.4) is 0 Å². The van der Waals surface area contributed by atoms with Crippen molar-refractivity contribution in [3.05, 3.63) is 29.8 Å². The number of morpholine rings is 1. The second-order valence-electron chi connectivity index (χ2n) is 5.89. The van der Waals surface area contributed by atoms with Crippen molar-refractivity contribution in [3.63, 3.8) is 0 Å². The van der Waals surface area contributed by atoms with Crippen LogP contribution in [-0.2, 0) is 20.5 Å². The van der Waals surface area contributed by atoms with Gasteiger partial charge in [0.25, 0.3) is 0 Å². The van der Waals surface area contributed by atoms with Crippen molar-refractivity contribution >= 4 is 23.5 Å². The van der Waals surface area contributed by atoms with Gasteiger partial charge < -0.3 is 15.0 Å². The number of hydrogen-bond acceptors (Lipinski definition) is 5. The van der Waals surface area contributed by atoms with E-state index in [1.807, 2.05) is 0 Å². The van der Waals surface area contributed by atoms with Gasteiger partial charge in [-0.25, -0.2) is 4.99 Å². The molecule has 0 aliphatic carbocycles. The van der Waals surface area contributed by atoms with Gasteiger partial charge in [0.05, 0.1) is 25.2 Å². The molecular formula is C16H17F3N4O3. The summed E-state index contributed by atoms with van der Waals surface area (Å²) >= 11 is 0. The number of nitrogens with one attached hydrogen (secondary N) is 2. The van der Waals surface area contributed by atoms with Crippen molar-refractivity contribution in [2.45, 2.75) is 18.6 Å². The summed E-state index contributed by atoms with van der Waals surface area (Å²) in [7, 11) is 0. The minimum absolute atomic E-state index is 0.000992. The molecule has 0 bridgehead atoms. The molecule has 1 aromatic rings. The summed E-state index contributed by atoms with van der Waals surface area (Å²) in [5.74, 6) is -0.718. The highest BCUT2D eigenvalue weighted by Gasteiger charge is 2.32. The normalized spacial score (nSPS) is 21.0. The van der Waals surface area contributed by atoms with E-state index in [9.17, 15) is 22.8 Å². The summed E-state index contributed by atoms with van der Waals surface area (Å²) < 4.78 is 43.5. The van der Waals surface area contributed by atoms with Crippen molar-refractivity contribution in [2.75, 3.05) is 31.6 Å². The van der Waals surface area contributed by atoms with Crippen molar-refractivity contribution < 1.29 is 27.5 Å². The number of ether oxygens (including phenoxy) is 1. The van der Waals surface area contributed by atoms with Crippen LogP contribution in [0, 0.1) is 0 Å². The molecule has 10 heteroatoms. The third-order valence-corrected chi connectivity index (χ3v) is 3.98. The Balaban J connectivity index is 1.73. The molecule has 140 valence electrons. The van der Waals surface area contributed by atoms with Crippen LogP contribution in [0.15, 0.2) is 29.3 Å². The van der Waals surface area contributed by atoms with Gasteiger partial charge >= 0.3 is 6.18 Å². The standard InChI is InChI=1S/C16H17F3N4O3/c17-16(18,19)10-2-1-3-11(8-10)20-14(25)12-9-13(24)22-15(21-12)23-4-6-26-7-5-23/h1-3,8,12H,4-7,9H2,(H,20,25)(H,21,22,24)/t12-/m0/s1. The Morgan fingerprint density at radius 2 is 2.04 bits per heavy atom. The summed E-state index contributed by atoms with van der Waals surface area (Å²) in [5.41, 5.74) is -0.867. The molecule has 26 heavy (non-hydrogen) atoms. The van der Waals surface area contributed by atoms with Gasteiger partial charge in [-0.3, -0.25) is 14.9 Å². The highest BCUT2D eigenvalue weighted by Crippen LogP contribution is 2.30. The first kappa shape index (κ1) is 18.2.